The second kappa shape index (κ2) is 4.56. The molecule has 0 radical (unpaired) electrons. The van der Waals surface area contributed by atoms with Crippen molar-refractivity contribution in [3.8, 4) is 0 Å². The molecule has 2 saturated carbocycles. The van der Waals surface area contributed by atoms with Crippen LogP contribution in [-0.2, 0) is 9.84 Å². The van der Waals surface area contributed by atoms with Crippen molar-refractivity contribution in [3.63, 3.8) is 0 Å². The molecule has 0 aromatic carbocycles. The first kappa shape index (κ1) is 13.4. The summed E-state index contributed by atoms with van der Waals surface area (Å²) in [6.07, 6.45) is 10.3. The highest BCUT2D eigenvalue weighted by Crippen LogP contribution is 2.45. The van der Waals surface area contributed by atoms with Crippen molar-refractivity contribution in [2.75, 3.05) is 0 Å². The summed E-state index contributed by atoms with van der Waals surface area (Å²) >= 11 is 0. The highest BCUT2D eigenvalue weighted by atomic mass is 32.2. The molecular formula is C14H26O2S. The van der Waals surface area contributed by atoms with Crippen molar-refractivity contribution < 1.29 is 8.42 Å². The van der Waals surface area contributed by atoms with E-state index in [1.54, 1.807) is 0 Å². The minimum Gasteiger partial charge on any atom is -0.228 e. The molecule has 0 amide bonds. The molecule has 0 bridgehead atoms. The number of hydrogen-bond donors (Lipinski definition) is 0. The molecule has 0 spiro atoms. The van der Waals surface area contributed by atoms with Gasteiger partial charge in [0.15, 0.2) is 9.84 Å². The van der Waals surface area contributed by atoms with E-state index in [4.69, 9.17) is 0 Å². The van der Waals surface area contributed by atoms with E-state index in [1.165, 1.54) is 12.8 Å². The zero-order valence-corrected chi connectivity index (χ0v) is 12.1. The zero-order valence-electron chi connectivity index (χ0n) is 11.3. The van der Waals surface area contributed by atoms with E-state index in [2.05, 4.69) is 0 Å². The van der Waals surface area contributed by atoms with Gasteiger partial charge < -0.3 is 0 Å². The molecule has 2 aliphatic carbocycles. The Bertz CT molecular complexity index is 328. The average molecular weight is 258 g/mol. The third-order valence-corrected chi connectivity index (χ3v) is 8.53. The molecule has 2 nitrogen and oxygen atoms in total. The minimum atomic E-state index is -2.98. The molecule has 2 aliphatic rings. The summed E-state index contributed by atoms with van der Waals surface area (Å²) in [5, 5.41) is 0. The summed E-state index contributed by atoms with van der Waals surface area (Å²) in [5.74, 6) is 0. The molecule has 0 heterocycles. The van der Waals surface area contributed by atoms with Crippen LogP contribution in [0.15, 0.2) is 0 Å². The summed E-state index contributed by atoms with van der Waals surface area (Å²) < 4.78 is 25.1. The van der Waals surface area contributed by atoms with Crippen molar-refractivity contribution in [2.45, 2.75) is 87.5 Å². The Hall–Kier alpha value is -0.0500. The third-order valence-electron chi connectivity index (χ3n) is 5.12. The second-order valence-electron chi connectivity index (χ2n) is 6.52. The fourth-order valence-corrected chi connectivity index (χ4v) is 6.57. The zero-order chi connectivity index (χ0) is 12.6. The first-order chi connectivity index (χ1) is 7.91. The smallest absolute Gasteiger partial charge is 0.161 e. The van der Waals surface area contributed by atoms with Crippen LogP contribution in [0.1, 0.15) is 78.1 Å². The number of rotatable bonds is 2. The topological polar surface area (TPSA) is 34.1 Å². The van der Waals surface area contributed by atoms with Crippen molar-refractivity contribution in [2.24, 2.45) is 0 Å². The summed E-state index contributed by atoms with van der Waals surface area (Å²) in [6, 6.07) is 0. The lowest BCUT2D eigenvalue weighted by atomic mass is 9.89. The van der Waals surface area contributed by atoms with E-state index >= 15 is 0 Å². The molecule has 100 valence electrons. The Morgan fingerprint density at radius 1 is 0.647 bits per heavy atom. The van der Waals surface area contributed by atoms with Gasteiger partial charge in [-0.05, 0) is 39.5 Å². The van der Waals surface area contributed by atoms with Gasteiger partial charge >= 0.3 is 0 Å². The molecule has 0 aromatic rings. The van der Waals surface area contributed by atoms with Gasteiger partial charge in [0.25, 0.3) is 0 Å². The van der Waals surface area contributed by atoms with Gasteiger partial charge in [-0.25, -0.2) is 8.42 Å². The largest absolute Gasteiger partial charge is 0.228 e. The Labute approximate surface area is 106 Å². The van der Waals surface area contributed by atoms with Crippen LogP contribution in [0.2, 0.25) is 0 Å². The Morgan fingerprint density at radius 2 is 0.941 bits per heavy atom. The molecule has 0 N–H and O–H groups in total. The lowest BCUT2D eigenvalue weighted by Crippen LogP contribution is -2.50. The fraction of sp³-hybridized carbons (Fsp3) is 1.00. The van der Waals surface area contributed by atoms with Crippen molar-refractivity contribution >= 4 is 9.84 Å². The molecule has 0 aliphatic heterocycles. The van der Waals surface area contributed by atoms with Crippen molar-refractivity contribution in [1.82, 2.24) is 0 Å². The molecule has 2 fully saturated rings. The molecule has 0 saturated heterocycles. The molecule has 3 heteroatoms. The van der Waals surface area contributed by atoms with E-state index in [0.29, 0.717) is 0 Å². The average Bonchev–Trinajstić information content (AvgIpc) is 2.30. The SMILES string of the molecule is CC1(S(=O)(=O)C2(C)CCCCC2)CCCCC1. The fourth-order valence-electron chi connectivity index (χ4n) is 3.73. The van der Waals surface area contributed by atoms with Gasteiger partial charge in [0.05, 0.1) is 9.49 Å². The Kier molecular flexibility index (Phi) is 3.59. The standard InChI is InChI=1S/C14H26O2S/c1-13(9-5-3-6-10-13)17(15,16)14(2)11-7-4-8-12-14/h3-12H2,1-2H3. The molecular weight excluding hydrogens is 232 g/mol. The number of sulfone groups is 1. The maximum atomic E-state index is 13.0. The van der Waals surface area contributed by atoms with Crippen LogP contribution in [0.25, 0.3) is 0 Å². The molecule has 2 rings (SSSR count). The monoisotopic (exact) mass is 258 g/mol. The van der Waals surface area contributed by atoms with E-state index in [-0.39, 0.29) is 0 Å². The van der Waals surface area contributed by atoms with Crippen LogP contribution >= 0.6 is 0 Å². The van der Waals surface area contributed by atoms with Crippen LogP contribution in [-0.4, -0.2) is 17.9 Å². The van der Waals surface area contributed by atoms with Gasteiger partial charge in [0.1, 0.15) is 0 Å². The van der Waals surface area contributed by atoms with Gasteiger partial charge in [-0.15, -0.1) is 0 Å². The quantitative estimate of drug-likeness (QED) is 0.754. The second-order valence-corrected chi connectivity index (χ2v) is 9.50. The predicted octanol–water partition coefficient (Wildman–Crippen LogP) is 3.85. The van der Waals surface area contributed by atoms with Gasteiger partial charge in [-0.3, -0.25) is 0 Å². The Morgan fingerprint density at radius 3 is 1.24 bits per heavy atom. The van der Waals surface area contributed by atoms with E-state index in [9.17, 15) is 8.42 Å². The van der Waals surface area contributed by atoms with E-state index in [1.807, 2.05) is 13.8 Å². The van der Waals surface area contributed by atoms with Gasteiger partial charge in [-0.1, -0.05) is 38.5 Å². The lowest BCUT2D eigenvalue weighted by molar-refractivity contribution is 0.349. The highest BCUT2D eigenvalue weighted by Gasteiger charge is 2.51. The molecule has 17 heavy (non-hydrogen) atoms. The summed E-state index contributed by atoms with van der Waals surface area (Å²) in [5.41, 5.74) is 0. The van der Waals surface area contributed by atoms with Crippen LogP contribution < -0.4 is 0 Å². The maximum Gasteiger partial charge on any atom is 0.161 e. The van der Waals surface area contributed by atoms with Crippen LogP contribution in [0.3, 0.4) is 0 Å². The van der Waals surface area contributed by atoms with Gasteiger partial charge in [0.2, 0.25) is 0 Å². The van der Waals surface area contributed by atoms with Crippen LogP contribution in [0.5, 0.6) is 0 Å². The van der Waals surface area contributed by atoms with Crippen LogP contribution in [0, 0.1) is 0 Å². The van der Waals surface area contributed by atoms with Crippen molar-refractivity contribution in [3.05, 3.63) is 0 Å². The maximum absolute atomic E-state index is 13.0. The molecule has 0 unspecified atom stereocenters. The van der Waals surface area contributed by atoms with E-state index in [0.717, 1.165) is 51.4 Å². The predicted molar refractivity (Wildman–Crippen MR) is 71.9 cm³/mol. The van der Waals surface area contributed by atoms with Crippen molar-refractivity contribution in [1.29, 1.82) is 0 Å². The lowest BCUT2D eigenvalue weighted by Gasteiger charge is -2.43. The minimum absolute atomic E-state index is 0.433. The van der Waals surface area contributed by atoms with E-state index < -0.39 is 19.3 Å². The summed E-state index contributed by atoms with van der Waals surface area (Å²) in [6.45, 7) is 4.00. The first-order valence-electron chi connectivity index (χ1n) is 7.16. The van der Waals surface area contributed by atoms with Crippen LogP contribution in [0.4, 0.5) is 0 Å². The summed E-state index contributed by atoms with van der Waals surface area (Å²) in [7, 11) is -2.98. The third kappa shape index (κ3) is 2.16. The number of hydrogen-bond acceptors (Lipinski definition) is 2. The first-order valence-corrected chi connectivity index (χ1v) is 8.64. The van der Waals surface area contributed by atoms with Gasteiger partial charge in [-0.2, -0.15) is 0 Å². The summed E-state index contributed by atoms with van der Waals surface area (Å²) in [4.78, 5) is 0. The highest BCUT2D eigenvalue weighted by molar-refractivity contribution is 7.94. The molecule has 0 atom stereocenters. The normalized spacial score (nSPS) is 28.8. The molecule has 0 aromatic heterocycles. The Balaban J connectivity index is 2.27. The van der Waals surface area contributed by atoms with Gasteiger partial charge in [0, 0.05) is 0 Å².